The molecule has 6 nitrogen and oxygen atoms in total. The van der Waals surface area contributed by atoms with Crippen molar-refractivity contribution in [2.75, 3.05) is 12.8 Å². The van der Waals surface area contributed by atoms with Crippen molar-refractivity contribution >= 4 is 11.8 Å². The predicted molar refractivity (Wildman–Crippen MR) is 75.0 cm³/mol. The maximum atomic E-state index is 12.2. The average molecular weight is 275 g/mol. The molecule has 1 heterocycles. The van der Waals surface area contributed by atoms with E-state index in [9.17, 15) is 4.79 Å². The molecule has 0 saturated heterocycles. The number of ether oxygens (including phenoxy) is 2. The molecule has 0 unspecified atom stereocenters. The van der Waals surface area contributed by atoms with Crippen LogP contribution in [0.25, 0.3) is 0 Å². The molecule has 0 aliphatic heterocycles. The summed E-state index contributed by atoms with van der Waals surface area (Å²) in [6, 6.07) is 8.35. The van der Waals surface area contributed by atoms with Gasteiger partial charge in [0.1, 0.15) is 23.0 Å². The summed E-state index contributed by atoms with van der Waals surface area (Å²) in [6.45, 7) is 3.82. The second-order valence-corrected chi connectivity index (χ2v) is 4.56. The van der Waals surface area contributed by atoms with Gasteiger partial charge >= 0.3 is 5.97 Å². The molecule has 106 valence electrons. The zero-order chi connectivity index (χ0) is 14.7. The molecule has 20 heavy (non-hydrogen) atoms. The van der Waals surface area contributed by atoms with Crippen LogP contribution < -0.4 is 15.2 Å². The topological polar surface area (TPSA) is 79.4 Å². The number of anilines is 1. The van der Waals surface area contributed by atoms with E-state index < -0.39 is 5.97 Å². The van der Waals surface area contributed by atoms with E-state index in [0.29, 0.717) is 17.2 Å². The number of rotatable bonds is 4. The molecule has 2 N–H and O–H groups in total. The van der Waals surface area contributed by atoms with Crippen molar-refractivity contribution in [2.24, 2.45) is 0 Å². The highest BCUT2D eigenvalue weighted by atomic mass is 16.5. The first kappa shape index (κ1) is 13.9. The second kappa shape index (κ2) is 5.64. The summed E-state index contributed by atoms with van der Waals surface area (Å²) in [4.78, 5) is 12.2. The maximum Gasteiger partial charge on any atom is 0.362 e. The van der Waals surface area contributed by atoms with Crippen molar-refractivity contribution in [3.05, 3.63) is 36.0 Å². The monoisotopic (exact) mass is 275 g/mol. The third-order valence-corrected chi connectivity index (χ3v) is 2.70. The van der Waals surface area contributed by atoms with Crippen LogP contribution in [0.1, 0.15) is 30.4 Å². The number of aromatic nitrogens is 2. The van der Waals surface area contributed by atoms with E-state index in [1.54, 1.807) is 31.4 Å². The fourth-order valence-electron chi connectivity index (χ4n) is 1.78. The summed E-state index contributed by atoms with van der Waals surface area (Å²) in [5.41, 5.74) is 5.95. The van der Waals surface area contributed by atoms with E-state index in [0.717, 1.165) is 0 Å². The van der Waals surface area contributed by atoms with Crippen LogP contribution in [0.5, 0.6) is 11.5 Å². The molecule has 0 fully saturated rings. The average Bonchev–Trinajstić information content (AvgIpc) is 2.81. The fourth-order valence-corrected chi connectivity index (χ4v) is 1.78. The zero-order valence-electron chi connectivity index (χ0n) is 11.7. The van der Waals surface area contributed by atoms with Crippen LogP contribution in [0.2, 0.25) is 0 Å². The van der Waals surface area contributed by atoms with E-state index in [1.165, 1.54) is 10.7 Å². The Morgan fingerprint density at radius 2 is 2.00 bits per heavy atom. The lowest BCUT2D eigenvalue weighted by Crippen LogP contribution is -2.17. The van der Waals surface area contributed by atoms with Gasteiger partial charge in [0.15, 0.2) is 0 Å². The highest BCUT2D eigenvalue weighted by Gasteiger charge is 2.18. The number of hydrogen-bond acceptors (Lipinski definition) is 5. The van der Waals surface area contributed by atoms with Crippen LogP contribution >= 0.6 is 0 Å². The molecular formula is C14H17N3O3. The highest BCUT2D eigenvalue weighted by Crippen LogP contribution is 2.21. The van der Waals surface area contributed by atoms with Gasteiger partial charge in [-0.2, -0.15) is 5.10 Å². The van der Waals surface area contributed by atoms with Gasteiger partial charge in [-0.25, -0.2) is 4.79 Å². The van der Waals surface area contributed by atoms with Crippen LogP contribution in [0.15, 0.2) is 30.3 Å². The fraction of sp³-hybridized carbons (Fsp3) is 0.286. The molecule has 0 amide bonds. The molecule has 0 radical (unpaired) electrons. The number of nitrogens with zero attached hydrogens (tertiary/aromatic N) is 2. The Morgan fingerprint density at radius 1 is 1.30 bits per heavy atom. The highest BCUT2D eigenvalue weighted by molar-refractivity contribution is 5.90. The van der Waals surface area contributed by atoms with Crippen molar-refractivity contribution in [2.45, 2.75) is 19.9 Å². The lowest BCUT2D eigenvalue weighted by Gasteiger charge is -2.10. The van der Waals surface area contributed by atoms with Crippen molar-refractivity contribution in [3.63, 3.8) is 0 Å². The number of nitrogens with two attached hydrogens (primary N) is 1. The second-order valence-electron chi connectivity index (χ2n) is 4.56. The molecule has 1 aromatic carbocycles. The Hall–Kier alpha value is -2.50. The number of nitrogen functional groups attached to an aromatic ring is 1. The largest absolute Gasteiger partial charge is 0.497 e. The van der Waals surface area contributed by atoms with Crippen molar-refractivity contribution in [3.8, 4) is 11.5 Å². The van der Waals surface area contributed by atoms with E-state index in [-0.39, 0.29) is 11.9 Å². The minimum absolute atomic E-state index is 0.0140. The lowest BCUT2D eigenvalue weighted by molar-refractivity contribution is 0.0719. The van der Waals surface area contributed by atoms with Gasteiger partial charge in [0.25, 0.3) is 0 Å². The first-order valence-electron chi connectivity index (χ1n) is 6.22. The molecule has 0 atom stereocenters. The zero-order valence-corrected chi connectivity index (χ0v) is 11.7. The minimum atomic E-state index is -0.504. The van der Waals surface area contributed by atoms with Gasteiger partial charge in [-0.3, -0.25) is 4.68 Å². The van der Waals surface area contributed by atoms with Crippen LogP contribution in [-0.2, 0) is 0 Å². The molecule has 6 heteroatoms. The number of methoxy groups -OCH3 is 1. The Bertz CT molecular complexity index is 620. The standard InChI is InChI=1S/C14H17N3O3/c1-9(2)17-12(8-13(15)16-17)14(18)20-11-6-4-5-10(7-11)19-3/h4-9H,1-3H3,(H2,15,16). The molecule has 0 aliphatic carbocycles. The van der Waals surface area contributed by atoms with E-state index in [4.69, 9.17) is 15.2 Å². The van der Waals surface area contributed by atoms with Gasteiger partial charge in [0.2, 0.25) is 0 Å². The summed E-state index contributed by atoms with van der Waals surface area (Å²) in [7, 11) is 1.55. The van der Waals surface area contributed by atoms with Crippen LogP contribution in [-0.4, -0.2) is 22.9 Å². The number of benzene rings is 1. The van der Waals surface area contributed by atoms with Crippen LogP contribution in [0.3, 0.4) is 0 Å². The maximum absolute atomic E-state index is 12.2. The molecule has 0 spiro atoms. The molecule has 2 aromatic rings. The number of hydrogen-bond donors (Lipinski definition) is 1. The molecule has 2 rings (SSSR count). The number of carbonyl (C=O) groups is 1. The Morgan fingerprint density at radius 3 is 2.65 bits per heavy atom. The van der Waals surface area contributed by atoms with Crippen LogP contribution in [0.4, 0.5) is 5.82 Å². The SMILES string of the molecule is COc1cccc(OC(=O)c2cc(N)nn2C(C)C)c1. The van der Waals surface area contributed by atoms with Gasteiger partial charge in [-0.05, 0) is 26.0 Å². The molecule has 0 bridgehead atoms. The van der Waals surface area contributed by atoms with Crippen molar-refractivity contribution in [1.29, 1.82) is 0 Å². The van der Waals surface area contributed by atoms with Crippen LogP contribution in [0, 0.1) is 0 Å². The summed E-state index contributed by atoms with van der Waals surface area (Å²) in [5.74, 6) is 0.809. The quantitative estimate of drug-likeness (QED) is 0.684. The van der Waals surface area contributed by atoms with Gasteiger partial charge in [-0.1, -0.05) is 6.07 Å². The smallest absolute Gasteiger partial charge is 0.362 e. The summed E-state index contributed by atoms with van der Waals surface area (Å²) < 4.78 is 11.9. The summed E-state index contributed by atoms with van der Waals surface area (Å²) in [6.07, 6.45) is 0. The lowest BCUT2D eigenvalue weighted by atomic mass is 10.3. The Labute approximate surface area is 117 Å². The van der Waals surface area contributed by atoms with Crippen molar-refractivity contribution in [1.82, 2.24) is 9.78 Å². The molecular weight excluding hydrogens is 258 g/mol. The third kappa shape index (κ3) is 2.90. The van der Waals surface area contributed by atoms with E-state index >= 15 is 0 Å². The van der Waals surface area contributed by atoms with E-state index in [2.05, 4.69) is 5.10 Å². The molecule has 0 saturated carbocycles. The minimum Gasteiger partial charge on any atom is -0.497 e. The normalized spacial score (nSPS) is 10.6. The summed E-state index contributed by atoms with van der Waals surface area (Å²) >= 11 is 0. The van der Waals surface area contributed by atoms with E-state index in [1.807, 2.05) is 13.8 Å². The predicted octanol–water partition coefficient (Wildman–Crippen LogP) is 2.27. The van der Waals surface area contributed by atoms with Gasteiger partial charge in [0.05, 0.1) is 7.11 Å². The number of esters is 1. The van der Waals surface area contributed by atoms with Gasteiger partial charge in [-0.15, -0.1) is 0 Å². The van der Waals surface area contributed by atoms with Crippen molar-refractivity contribution < 1.29 is 14.3 Å². The summed E-state index contributed by atoms with van der Waals surface area (Å²) in [5, 5.41) is 4.08. The molecule has 1 aromatic heterocycles. The third-order valence-electron chi connectivity index (χ3n) is 2.70. The first-order chi connectivity index (χ1) is 9.51. The molecule has 0 aliphatic rings. The first-order valence-corrected chi connectivity index (χ1v) is 6.22. The Balaban J connectivity index is 2.23. The Kier molecular flexibility index (Phi) is 3.93. The van der Waals surface area contributed by atoms with Gasteiger partial charge < -0.3 is 15.2 Å². The number of carbonyl (C=O) groups excluding carboxylic acids is 1. The van der Waals surface area contributed by atoms with Gasteiger partial charge in [0, 0.05) is 18.2 Å².